The number of halogens is 1. The maximum atomic E-state index is 12.9. The van der Waals surface area contributed by atoms with Gasteiger partial charge in [-0.25, -0.2) is 13.4 Å². The second-order valence-corrected chi connectivity index (χ2v) is 9.02. The zero-order valence-corrected chi connectivity index (χ0v) is 16.9. The summed E-state index contributed by atoms with van der Waals surface area (Å²) in [7, 11) is -1.49. The fourth-order valence-electron chi connectivity index (χ4n) is 3.07. The van der Waals surface area contributed by atoms with Crippen LogP contribution < -0.4 is 5.32 Å². The minimum absolute atomic E-state index is 0. The summed E-state index contributed by atoms with van der Waals surface area (Å²) in [5.41, 5.74) is 1.81. The predicted octanol–water partition coefficient (Wildman–Crippen LogP) is 3.16. The van der Waals surface area contributed by atoms with Gasteiger partial charge in [0, 0.05) is 29.7 Å². The maximum absolute atomic E-state index is 12.9. The van der Waals surface area contributed by atoms with Crippen LogP contribution in [0.1, 0.15) is 18.5 Å². The number of nitrogens with zero attached hydrogens (tertiary/aromatic N) is 2. The fourth-order valence-corrected chi connectivity index (χ4v) is 5.38. The van der Waals surface area contributed by atoms with Crippen molar-refractivity contribution in [3.05, 3.63) is 35.3 Å². The standard InChI is InChI=1S/C17H23N3O2S2.ClH/c1-13-12-23-17(19-13)15-4-3-5-16(10-15)24(21,22)20-8-6-14(7-9-20)11-18-2;/h3-5,10,12,14,18H,6-9,11H2,1-2H3;1H. The zero-order valence-electron chi connectivity index (χ0n) is 14.4. The lowest BCUT2D eigenvalue weighted by molar-refractivity contribution is 0.270. The number of hydrogen-bond donors (Lipinski definition) is 1. The average molecular weight is 402 g/mol. The number of aryl methyl sites for hydroxylation is 1. The van der Waals surface area contributed by atoms with Gasteiger partial charge in [-0.3, -0.25) is 0 Å². The lowest BCUT2D eigenvalue weighted by Gasteiger charge is -2.31. The third kappa shape index (κ3) is 4.60. The van der Waals surface area contributed by atoms with E-state index in [1.807, 2.05) is 25.4 Å². The molecule has 0 aliphatic carbocycles. The molecule has 0 amide bonds. The molecule has 1 aromatic carbocycles. The summed E-state index contributed by atoms with van der Waals surface area (Å²) in [5, 5.41) is 6.01. The molecule has 8 heteroatoms. The van der Waals surface area contributed by atoms with E-state index in [4.69, 9.17) is 0 Å². The van der Waals surface area contributed by atoms with E-state index in [0.29, 0.717) is 23.9 Å². The minimum atomic E-state index is -3.43. The van der Waals surface area contributed by atoms with Crippen LogP contribution in [0, 0.1) is 12.8 Å². The zero-order chi connectivity index (χ0) is 17.2. The molecular formula is C17H24ClN3O2S2. The molecular weight excluding hydrogens is 378 g/mol. The molecule has 3 rings (SSSR count). The molecule has 1 aliphatic rings. The van der Waals surface area contributed by atoms with Crippen molar-refractivity contribution >= 4 is 33.8 Å². The number of benzene rings is 1. The van der Waals surface area contributed by atoms with E-state index in [-0.39, 0.29) is 12.4 Å². The molecule has 25 heavy (non-hydrogen) atoms. The van der Waals surface area contributed by atoms with Gasteiger partial charge < -0.3 is 5.32 Å². The van der Waals surface area contributed by atoms with E-state index in [0.717, 1.165) is 35.7 Å². The van der Waals surface area contributed by atoms with Crippen LogP contribution in [0.4, 0.5) is 0 Å². The van der Waals surface area contributed by atoms with Gasteiger partial charge in [0.25, 0.3) is 0 Å². The molecule has 0 saturated carbocycles. The summed E-state index contributed by atoms with van der Waals surface area (Å²) in [6.07, 6.45) is 1.82. The van der Waals surface area contributed by atoms with E-state index in [2.05, 4.69) is 10.3 Å². The second kappa shape index (κ2) is 8.60. The molecule has 1 aliphatic heterocycles. The number of nitrogens with one attached hydrogen (secondary N) is 1. The topological polar surface area (TPSA) is 62.3 Å². The normalized spacial score (nSPS) is 16.6. The Bertz CT molecular complexity index is 800. The molecule has 0 spiro atoms. The molecule has 1 N–H and O–H groups in total. The number of rotatable bonds is 5. The van der Waals surface area contributed by atoms with Crippen LogP contribution in [0.2, 0.25) is 0 Å². The summed E-state index contributed by atoms with van der Waals surface area (Å²) < 4.78 is 27.5. The van der Waals surface area contributed by atoms with Gasteiger partial charge >= 0.3 is 0 Å². The monoisotopic (exact) mass is 401 g/mol. The summed E-state index contributed by atoms with van der Waals surface area (Å²) in [5.74, 6) is 0.561. The summed E-state index contributed by atoms with van der Waals surface area (Å²) in [4.78, 5) is 4.81. The van der Waals surface area contributed by atoms with E-state index < -0.39 is 10.0 Å². The highest BCUT2D eigenvalue weighted by molar-refractivity contribution is 7.89. The molecule has 5 nitrogen and oxygen atoms in total. The lowest BCUT2D eigenvalue weighted by atomic mass is 9.98. The van der Waals surface area contributed by atoms with Gasteiger partial charge in [-0.15, -0.1) is 23.7 Å². The number of thiazole rings is 1. The molecule has 0 unspecified atom stereocenters. The molecule has 0 atom stereocenters. The third-order valence-electron chi connectivity index (χ3n) is 4.40. The van der Waals surface area contributed by atoms with Crippen molar-refractivity contribution in [3.8, 4) is 10.6 Å². The first kappa shape index (κ1) is 20.3. The molecule has 1 saturated heterocycles. The molecule has 138 valence electrons. The second-order valence-electron chi connectivity index (χ2n) is 6.23. The maximum Gasteiger partial charge on any atom is 0.243 e. The summed E-state index contributed by atoms with van der Waals surface area (Å²) >= 11 is 1.54. The average Bonchev–Trinajstić information content (AvgIpc) is 3.02. The van der Waals surface area contributed by atoms with Crippen molar-refractivity contribution in [1.82, 2.24) is 14.6 Å². The van der Waals surface area contributed by atoms with Crippen molar-refractivity contribution in [3.63, 3.8) is 0 Å². The van der Waals surface area contributed by atoms with Crippen molar-refractivity contribution in [2.75, 3.05) is 26.7 Å². The molecule has 0 bridgehead atoms. The molecule has 2 aromatic rings. The smallest absolute Gasteiger partial charge is 0.243 e. The van der Waals surface area contributed by atoms with Gasteiger partial charge in [0.05, 0.1) is 4.90 Å². The van der Waals surface area contributed by atoms with Crippen LogP contribution in [0.5, 0.6) is 0 Å². The quantitative estimate of drug-likeness (QED) is 0.835. The van der Waals surface area contributed by atoms with Crippen molar-refractivity contribution < 1.29 is 8.42 Å². The van der Waals surface area contributed by atoms with E-state index in [9.17, 15) is 8.42 Å². The van der Waals surface area contributed by atoms with Crippen molar-refractivity contribution in [1.29, 1.82) is 0 Å². The van der Waals surface area contributed by atoms with Gasteiger partial charge in [0.15, 0.2) is 0 Å². The highest BCUT2D eigenvalue weighted by Gasteiger charge is 2.29. The Kier molecular flexibility index (Phi) is 6.99. The Morgan fingerprint density at radius 3 is 2.64 bits per heavy atom. The van der Waals surface area contributed by atoms with Crippen LogP contribution in [0.3, 0.4) is 0 Å². The number of aromatic nitrogens is 1. The molecule has 1 fully saturated rings. The van der Waals surface area contributed by atoms with Gasteiger partial charge in [-0.05, 0) is 51.4 Å². The summed E-state index contributed by atoms with van der Waals surface area (Å²) in [6, 6.07) is 7.13. The number of hydrogen-bond acceptors (Lipinski definition) is 5. The molecule has 1 aromatic heterocycles. The third-order valence-corrected chi connectivity index (χ3v) is 7.31. The number of sulfonamides is 1. The highest BCUT2D eigenvalue weighted by atomic mass is 35.5. The molecule has 0 radical (unpaired) electrons. The van der Waals surface area contributed by atoms with Crippen molar-refractivity contribution in [2.24, 2.45) is 5.92 Å². The minimum Gasteiger partial charge on any atom is -0.319 e. The van der Waals surface area contributed by atoms with Crippen LogP contribution in [-0.4, -0.2) is 44.4 Å². The highest BCUT2D eigenvalue weighted by Crippen LogP contribution is 2.28. The van der Waals surface area contributed by atoms with Crippen LogP contribution in [0.25, 0.3) is 10.6 Å². The first-order chi connectivity index (χ1) is 11.5. The predicted molar refractivity (Wildman–Crippen MR) is 105 cm³/mol. The number of piperidine rings is 1. The Labute approximate surface area is 159 Å². The van der Waals surface area contributed by atoms with Crippen LogP contribution in [0.15, 0.2) is 34.5 Å². The summed E-state index contributed by atoms with van der Waals surface area (Å²) in [6.45, 7) is 4.08. The SMILES string of the molecule is CNCC1CCN(S(=O)(=O)c2cccc(-c3nc(C)cs3)c2)CC1.Cl. The van der Waals surface area contributed by atoms with Crippen LogP contribution >= 0.6 is 23.7 Å². The Morgan fingerprint density at radius 2 is 2.04 bits per heavy atom. The fraction of sp³-hybridized carbons (Fsp3) is 0.471. The van der Waals surface area contributed by atoms with Crippen molar-refractivity contribution in [2.45, 2.75) is 24.7 Å². The largest absolute Gasteiger partial charge is 0.319 e. The first-order valence-corrected chi connectivity index (χ1v) is 10.5. The van der Waals surface area contributed by atoms with E-state index in [1.54, 1.807) is 22.5 Å². The lowest BCUT2D eigenvalue weighted by Crippen LogP contribution is -2.40. The Balaban J connectivity index is 0.00000225. The van der Waals surface area contributed by atoms with E-state index in [1.165, 1.54) is 11.3 Å². The Morgan fingerprint density at radius 1 is 1.32 bits per heavy atom. The van der Waals surface area contributed by atoms with Crippen LogP contribution in [-0.2, 0) is 10.0 Å². The van der Waals surface area contributed by atoms with Gasteiger partial charge in [-0.2, -0.15) is 4.31 Å². The van der Waals surface area contributed by atoms with Gasteiger partial charge in [-0.1, -0.05) is 12.1 Å². The Hall–Kier alpha value is -0.990. The molecule has 2 heterocycles. The van der Waals surface area contributed by atoms with Gasteiger partial charge in [0.1, 0.15) is 5.01 Å². The van der Waals surface area contributed by atoms with E-state index >= 15 is 0 Å². The first-order valence-electron chi connectivity index (χ1n) is 8.18. The van der Waals surface area contributed by atoms with Gasteiger partial charge in [0.2, 0.25) is 10.0 Å².